The number of phenols is 1. The van der Waals surface area contributed by atoms with Gasteiger partial charge in [0.1, 0.15) is 17.6 Å². The molecule has 9 heteroatoms. The second-order valence-electron chi connectivity index (χ2n) is 6.14. The third-order valence-electron chi connectivity index (χ3n) is 4.38. The summed E-state index contributed by atoms with van der Waals surface area (Å²) in [5.41, 5.74) is 2.40. The van der Waals surface area contributed by atoms with Crippen LogP contribution in [0.1, 0.15) is 19.4 Å². The molecule has 0 fully saturated rings. The summed E-state index contributed by atoms with van der Waals surface area (Å²) < 4.78 is 38.5. The van der Waals surface area contributed by atoms with Crippen LogP contribution in [0.5, 0.6) is 5.75 Å². The third kappa shape index (κ3) is 6.26. The van der Waals surface area contributed by atoms with Crippen LogP contribution in [0.3, 0.4) is 0 Å². The Labute approximate surface area is 169 Å². The molecule has 0 saturated carbocycles. The molecule has 1 heterocycles. The number of hydrogen-bond donors (Lipinski definition) is 2. The fourth-order valence-corrected chi connectivity index (χ4v) is 2.89. The highest BCUT2D eigenvalue weighted by atomic mass is 35.7. The van der Waals surface area contributed by atoms with E-state index in [1.54, 1.807) is 12.1 Å². The fourth-order valence-electron chi connectivity index (χ4n) is 2.89. The van der Waals surface area contributed by atoms with Gasteiger partial charge in [-0.3, -0.25) is 9.69 Å². The number of nitrogens with zero attached hydrogens (tertiary/aromatic N) is 1. The normalized spacial score (nSPS) is 11.4. The molecule has 0 aliphatic rings. The molecule has 3 rings (SSSR count). The smallest absolute Gasteiger partial charge is 0.200 e. The first-order valence-electron chi connectivity index (χ1n) is 8.83. The molecule has 0 unspecified atom stereocenters. The van der Waals surface area contributed by atoms with Gasteiger partial charge >= 0.3 is 0 Å². The Morgan fingerprint density at radius 3 is 2.17 bits per heavy atom. The van der Waals surface area contributed by atoms with Crippen molar-refractivity contribution >= 4 is 11.0 Å². The molecule has 0 aliphatic carbocycles. The molecule has 0 atom stereocenters. The van der Waals surface area contributed by atoms with E-state index in [4.69, 9.17) is 23.1 Å². The topological polar surface area (TPSA) is 143 Å². The average molecular weight is 424 g/mol. The molecule has 8 nitrogen and oxygen atoms in total. The molecular formula is C20H22ClNO7. The highest BCUT2D eigenvalue weighted by molar-refractivity contribution is 5.85. The summed E-state index contributed by atoms with van der Waals surface area (Å²) in [5, 5.41) is 10.7. The van der Waals surface area contributed by atoms with Crippen LogP contribution in [-0.2, 0) is 6.54 Å². The lowest BCUT2D eigenvalue weighted by atomic mass is 10.0. The summed E-state index contributed by atoms with van der Waals surface area (Å²) >= 11 is 0. The van der Waals surface area contributed by atoms with Crippen LogP contribution < -0.4 is 19.4 Å². The molecule has 1 aromatic heterocycles. The van der Waals surface area contributed by atoms with Gasteiger partial charge in [0.25, 0.3) is 0 Å². The average Bonchev–Trinajstić information content (AvgIpc) is 2.67. The first kappa shape index (κ1) is 22.8. The van der Waals surface area contributed by atoms with Gasteiger partial charge in [-0.1, -0.05) is 44.2 Å². The second-order valence-corrected chi connectivity index (χ2v) is 6.93. The molecule has 0 amide bonds. The minimum absolute atomic E-state index is 0.0803. The summed E-state index contributed by atoms with van der Waals surface area (Å²) in [6.45, 7) is 6.39. The van der Waals surface area contributed by atoms with Crippen molar-refractivity contribution in [1.82, 2.24) is 4.90 Å². The van der Waals surface area contributed by atoms with Crippen LogP contribution in [0.15, 0.2) is 57.9 Å². The van der Waals surface area contributed by atoms with Gasteiger partial charge in [0.05, 0.1) is 31.4 Å². The van der Waals surface area contributed by atoms with E-state index in [2.05, 4.69) is 18.7 Å². The number of halogens is 1. The van der Waals surface area contributed by atoms with Crippen LogP contribution in [0.4, 0.5) is 0 Å². The lowest BCUT2D eigenvalue weighted by Crippen LogP contribution is -2.58. The Hall–Kier alpha value is -2.46. The summed E-state index contributed by atoms with van der Waals surface area (Å²) in [7, 11) is -4.69. The van der Waals surface area contributed by atoms with Gasteiger partial charge in [-0.25, -0.2) is 0 Å². The zero-order valence-corrected chi connectivity index (χ0v) is 16.8. The molecule has 0 bridgehead atoms. The Balaban J connectivity index is 0.000000537. The van der Waals surface area contributed by atoms with Crippen molar-refractivity contribution in [2.24, 2.45) is 0 Å². The van der Waals surface area contributed by atoms with E-state index in [-0.39, 0.29) is 11.2 Å². The largest absolute Gasteiger partial charge is 0.507 e. The minimum Gasteiger partial charge on any atom is -0.507 e. The van der Waals surface area contributed by atoms with Crippen molar-refractivity contribution in [3.05, 3.63) is 64.5 Å². The van der Waals surface area contributed by atoms with Gasteiger partial charge in [-0.2, -0.15) is 14.0 Å². The molecule has 29 heavy (non-hydrogen) atoms. The van der Waals surface area contributed by atoms with Crippen molar-refractivity contribution < 1.29 is 38.4 Å². The van der Waals surface area contributed by atoms with Crippen molar-refractivity contribution in [2.75, 3.05) is 13.1 Å². The summed E-state index contributed by atoms with van der Waals surface area (Å²) in [6.07, 6.45) is 1.49. The van der Waals surface area contributed by atoms with E-state index in [0.29, 0.717) is 28.6 Å². The van der Waals surface area contributed by atoms with E-state index in [1.807, 2.05) is 30.3 Å². The highest BCUT2D eigenvalue weighted by Crippen LogP contribution is 2.29. The van der Waals surface area contributed by atoms with Gasteiger partial charge in [0.2, 0.25) is 5.43 Å². The number of aromatic hydroxyl groups is 1. The van der Waals surface area contributed by atoms with Crippen LogP contribution in [0.25, 0.3) is 22.1 Å². The summed E-state index contributed by atoms with van der Waals surface area (Å²) in [4.78, 5) is 15.0. The first-order chi connectivity index (χ1) is 13.7. The lowest BCUT2D eigenvalue weighted by molar-refractivity contribution is -1.92. The molecule has 2 aromatic carbocycles. The Morgan fingerprint density at radius 1 is 1.03 bits per heavy atom. The number of phenolic OH excluding ortho intramolecular Hbond substituents is 1. The third-order valence-corrected chi connectivity index (χ3v) is 4.38. The number of benzene rings is 2. The maximum absolute atomic E-state index is 12.9. The minimum atomic E-state index is -4.69. The van der Waals surface area contributed by atoms with Crippen LogP contribution in [0.2, 0.25) is 0 Å². The van der Waals surface area contributed by atoms with Crippen LogP contribution in [-0.4, -0.2) is 27.8 Å². The van der Waals surface area contributed by atoms with Gasteiger partial charge in [-0.05, 0) is 30.8 Å². The molecular weight excluding hydrogens is 402 g/mol. The van der Waals surface area contributed by atoms with E-state index in [9.17, 15) is 9.90 Å². The molecule has 0 spiro atoms. The van der Waals surface area contributed by atoms with Crippen molar-refractivity contribution in [1.29, 1.82) is 0 Å². The summed E-state index contributed by atoms with van der Waals surface area (Å²) in [6, 6.07) is 12.7. The fraction of sp³-hybridized carbons (Fsp3) is 0.250. The van der Waals surface area contributed by atoms with Gasteiger partial charge in [0, 0.05) is 6.54 Å². The van der Waals surface area contributed by atoms with Crippen molar-refractivity contribution in [3.8, 4) is 16.9 Å². The predicted molar refractivity (Wildman–Crippen MR) is 98.4 cm³/mol. The van der Waals surface area contributed by atoms with Gasteiger partial charge in [-0.15, -0.1) is 0 Å². The standard InChI is InChI=1S/C20H21NO3.ClHO4/c1-3-21(4-2)12-16-18(22)11-10-15-19(23)17(13-24-20(15)16)14-8-6-5-7-9-14;2-1(3,4)5/h5-11,13,22H,3-4,12H2,1-2H3;(H,2,3,4,5). The van der Waals surface area contributed by atoms with E-state index in [0.717, 1.165) is 18.7 Å². The lowest BCUT2D eigenvalue weighted by Gasteiger charge is -2.19. The zero-order chi connectivity index (χ0) is 21.6. The molecule has 3 aromatic rings. The zero-order valence-electron chi connectivity index (χ0n) is 16.0. The molecule has 0 saturated heterocycles. The van der Waals surface area contributed by atoms with Crippen LogP contribution in [0, 0.1) is 10.2 Å². The van der Waals surface area contributed by atoms with Crippen molar-refractivity contribution in [2.45, 2.75) is 20.4 Å². The highest BCUT2D eigenvalue weighted by Gasteiger charge is 2.16. The van der Waals surface area contributed by atoms with Gasteiger partial charge in [0.15, 0.2) is 0 Å². The number of hydrogen-bond acceptors (Lipinski definition) is 8. The number of fused-ring (bicyclic) bond motifs is 1. The predicted octanol–water partition coefficient (Wildman–Crippen LogP) is -0.117. The van der Waals surface area contributed by atoms with Crippen LogP contribution >= 0.6 is 0 Å². The Morgan fingerprint density at radius 2 is 1.62 bits per heavy atom. The maximum Gasteiger partial charge on any atom is 0.200 e. The molecule has 0 aliphatic heterocycles. The molecule has 156 valence electrons. The molecule has 0 radical (unpaired) electrons. The molecule has 2 N–H and O–H groups in total. The van der Waals surface area contributed by atoms with E-state index in [1.165, 1.54) is 6.26 Å². The summed E-state index contributed by atoms with van der Waals surface area (Å²) in [5.74, 6) is 0.157. The monoisotopic (exact) mass is 423 g/mol. The quantitative estimate of drug-likeness (QED) is 0.578. The van der Waals surface area contributed by atoms with E-state index < -0.39 is 10.2 Å². The van der Waals surface area contributed by atoms with Crippen molar-refractivity contribution in [3.63, 3.8) is 0 Å². The van der Waals surface area contributed by atoms with E-state index >= 15 is 0 Å². The Bertz CT molecular complexity index is 989. The maximum atomic E-state index is 12.9. The SMILES string of the molecule is CCN(CC)Cc1c(O)ccc2c(=O)c(-c3ccccc3)coc12.[O-][Cl+3]([O-])([O-])O. The number of rotatable bonds is 5. The Kier molecular flexibility index (Phi) is 7.74. The second kappa shape index (κ2) is 9.84. The first-order valence-corrected chi connectivity index (χ1v) is 10.1. The van der Waals surface area contributed by atoms with Gasteiger partial charge < -0.3 is 9.52 Å².